The molecule has 34 heavy (non-hydrogen) atoms. The second-order valence-electron chi connectivity index (χ2n) is 7.90. The van der Waals surface area contributed by atoms with Gasteiger partial charge in [-0.15, -0.1) is 0 Å². The van der Waals surface area contributed by atoms with Gasteiger partial charge in [0.25, 0.3) is 15.9 Å². The van der Waals surface area contributed by atoms with Crippen LogP contribution in [0.15, 0.2) is 53.4 Å². The molecule has 1 aliphatic rings. The molecule has 3 amide bonds. The number of amides is 3. The number of rotatable bonds is 10. The Kier molecular flexibility index (Phi) is 7.93. The van der Waals surface area contributed by atoms with Crippen molar-refractivity contribution in [2.45, 2.75) is 44.2 Å². The molecule has 10 heteroatoms. The summed E-state index contributed by atoms with van der Waals surface area (Å²) < 4.78 is 31.7. The fourth-order valence-electron chi connectivity index (χ4n) is 3.85. The fourth-order valence-corrected chi connectivity index (χ4v) is 5.37. The number of nitrogens with one attached hydrogen (secondary N) is 1. The monoisotopic (exact) mass is 487 g/mol. The summed E-state index contributed by atoms with van der Waals surface area (Å²) in [6.45, 7) is 3.49. The maximum Gasteiger partial charge on any atom is 0.269 e. The van der Waals surface area contributed by atoms with E-state index < -0.39 is 34.4 Å². The van der Waals surface area contributed by atoms with Crippen molar-refractivity contribution in [3.63, 3.8) is 0 Å². The lowest BCUT2D eigenvalue weighted by Crippen LogP contribution is -2.52. The van der Waals surface area contributed by atoms with Crippen molar-refractivity contribution >= 4 is 27.7 Å². The van der Waals surface area contributed by atoms with Crippen LogP contribution in [0.5, 0.6) is 5.75 Å². The molecule has 0 spiro atoms. The summed E-state index contributed by atoms with van der Waals surface area (Å²) in [6.07, 6.45) is 1.04. The lowest BCUT2D eigenvalue weighted by atomic mass is 10.1. The smallest absolute Gasteiger partial charge is 0.269 e. The Labute approximate surface area is 199 Å². The van der Waals surface area contributed by atoms with Gasteiger partial charge in [0.05, 0.1) is 12.7 Å². The molecule has 1 heterocycles. The minimum atomic E-state index is -4.16. The summed E-state index contributed by atoms with van der Waals surface area (Å²) in [7, 11) is -2.63. The number of ether oxygens (including phenoxy) is 1. The third kappa shape index (κ3) is 5.06. The molecule has 0 unspecified atom stereocenters. The molecule has 0 saturated carbocycles. The van der Waals surface area contributed by atoms with Gasteiger partial charge in [-0.25, -0.2) is 12.7 Å². The Hall–Kier alpha value is -3.40. The Morgan fingerprint density at radius 3 is 2.50 bits per heavy atom. The van der Waals surface area contributed by atoms with Crippen molar-refractivity contribution in [3.8, 4) is 5.75 Å². The van der Waals surface area contributed by atoms with Crippen LogP contribution in [0.3, 0.4) is 0 Å². The summed E-state index contributed by atoms with van der Waals surface area (Å²) in [5.74, 6) is -1.15. The number of carbonyl (C=O) groups is 3. The van der Waals surface area contributed by atoms with Gasteiger partial charge in [-0.1, -0.05) is 38.1 Å². The van der Waals surface area contributed by atoms with Crippen molar-refractivity contribution in [1.29, 1.82) is 0 Å². The summed E-state index contributed by atoms with van der Waals surface area (Å²) >= 11 is 0. The average Bonchev–Trinajstić information content (AvgIpc) is 3.03. The predicted octanol–water partition coefficient (Wildman–Crippen LogP) is 2.17. The highest BCUT2D eigenvalue weighted by Crippen LogP contribution is 2.30. The van der Waals surface area contributed by atoms with E-state index >= 15 is 0 Å². The zero-order valence-electron chi connectivity index (χ0n) is 19.5. The van der Waals surface area contributed by atoms with Crippen LogP contribution in [0.1, 0.15) is 42.6 Å². The van der Waals surface area contributed by atoms with E-state index in [1.807, 2.05) is 6.92 Å². The van der Waals surface area contributed by atoms with Gasteiger partial charge >= 0.3 is 0 Å². The summed E-state index contributed by atoms with van der Waals surface area (Å²) in [5, 5.41) is 2.80. The standard InChI is InChI=1S/C24H29N3O6S/c1-4-13-25-23(29)20(5-2)26(15-17-9-8-10-18(14-17)33-3)22(28)16-27-24(30)19-11-6-7-12-21(19)34(27,31)32/h6-12,14,20H,4-5,13,15-16H2,1-3H3,(H,25,29)/t20-/m0/s1. The maximum absolute atomic E-state index is 13.5. The number of hydrogen-bond acceptors (Lipinski definition) is 6. The first-order chi connectivity index (χ1) is 16.2. The van der Waals surface area contributed by atoms with Gasteiger partial charge in [-0.05, 0) is 42.7 Å². The number of hydrogen-bond donors (Lipinski definition) is 1. The van der Waals surface area contributed by atoms with Crippen molar-refractivity contribution in [2.24, 2.45) is 0 Å². The van der Waals surface area contributed by atoms with Crippen molar-refractivity contribution in [3.05, 3.63) is 59.7 Å². The number of methoxy groups -OCH3 is 1. The SMILES string of the molecule is CCCNC(=O)[C@H](CC)N(Cc1cccc(OC)c1)C(=O)CN1C(=O)c2ccccc2S1(=O)=O. The third-order valence-electron chi connectivity index (χ3n) is 5.61. The molecule has 9 nitrogen and oxygen atoms in total. The summed E-state index contributed by atoms with van der Waals surface area (Å²) in [6, 6.07) is 12.1. The topological polar surface area (TPSA) is 113 Å². The van der Waals surface area contributed by atoms with Crippen molar-refractivity contribution in [2.75, 3.05) is 20.2 Å². The molecule has 2 aromatic rings. The van der Waals surface area contributed by atoms with Crippen LogP contribution < -0.4 is 10.1 Å². The van der Waals surface area contributed by atoms with Gasteiger partial charge in [0.15, 0.2) is 0 Å². The highest BCUT2D eigenvalue weighted by molar-refractivity contribution is 7.90. The molecule has 0 saturated heterocycles. The second kappa shape index (κ2) is 10.7. The van der Waals surface area contributed by atoms with Gasteiger partial charge < -0.3 is 15.0 Å². The van der Waals surface area contributed by atoms with E-state index in [9.17, 15) is 22.8 Å². The first-order valence-corrected chi connectivity index (χ1v) is 12.5. The van der Waals surface area contributed by atoms with E-state index in [1.165, 1.54) is 30.2 Å². The highest BCUT2D eigenvalue weighted by Gasteiger charge is 2.43. The van der Waals surface area contributed by atoms with E-state index in [1.54, 1.807) is 37.3 Å². The van der Waals surface area contributed by atoms with Gasteiger partial charge in [0, 0.05) is 13.1 Å². The molecule has 1 aliphatic heterocycles. The maximum atomic E-state index is 13.5. The van der Waals surface area contributed by atoms with Gasteiger partial charge in [-0.3, -0.25) is 14.4 Å². The second-order valence-corrected chi connectivity index (χ2v) is 9.73. The average molecular weight is 488 g/mol. The van der Waals surface area contributed by atoms with E-state index in [0.29, 0.717) is 28.6 Å². The lowest BCUT2D eigenvalue weighted by Gasteiger charge is -2.31. The molecule has 0 bridgehead atoms. The van der Waals surface area contributed by atoms with Gasteiger partial charge in [-0.2, -0.15) is 0 Å². The minimum absolute atomic E-state index is 0.0300. The zero-order chi connectivity index (χ0) is 24.9. The number of fused-ring (bicyclic) bond motifs is 1. The lowest BCUT2D eigenvalue weighted by molar-refractivity contribution is -0.141. The quantitative estimate of drug-likeness (QED) is 0.550. The normalized spacial score (nSPS) is 14.9. The molecule has 1 atom stereocenters. The fraction of sp³-hybridized carbons (Fsp3) is 0.375. The van der Waals surface area contributed by atoms with E-state index in [0.717, 1.165) is 6.42 Å². The molecule has 3 rings (SSSR count). The predicted molar refractivity (Wildman–Crippen MR) is 126 cm³/mol. The van der Waals surface area contributed by atoms with E-state index in [4.69, 9.17) is 4.74 Å². The first kappa shape index (κ1) is 25.2. The largest absolute Gasteiger partial charge is 0.497 e. The van der Waals surface area contributed by atoms with Crippen LogP contribution in [-0.4, -0.2) is 61.6 Å². The van der Waals surface area contributed by atoms with Crippen LogP contribution in [0.2, 0.25) is 0 Å². The summed E-state index contributed by atoms with van der Waals surface area (Å²) in [4.78, 5) is 40.4. The van der Waals surface area contributed by atoms with Crippen LogP contribution in [-0.2, 0) is 26.2 Å². The number of benzene rings is 2. The minimum Gasteiger partial charge on any atom is -0.497 e. The van der Waals surface area contributed by atoms with Crippen LogP contribution >= 0.6 is 0 Å². The van der Waals surface area contributed by atoms with Crippen LogP contribution in [0, 0.1) is 0 Å². The Balaban J connectivity index is 1.92. The van der Waals surface area contributed by atoms with Crippen LogP contribution in [0.4, 0.5) is 0 Å². The molecule has 0 fully saturated rings. The first-order valence-electron chi connectivity index (χ1n) is 11.1. The highest BCUT2D eigenvalue weighted by atomic mass is 32.2. The zero-order valence-corrected chi connectivity index (χ0v) is 20.3. The van der Waals surface area contributed by atoms with E-state index in [-0.39, 0.29) is 22.9 Å². The number of nitrogens with zero attached hydrogens (tertiary/aromatic N) is 2. The van der Waals surface area contributed by atoms with Crippen molar-refractivity contribution in [1.82, 2.24) is 14.5 Å². The van der Waals surface area contributed by atoms with Crippen LogP contribution in [0.25, 0.3) is 0 Å². The number of carbonyl (C=O) groups excluding carboxylic acids is 3. The van der Waals surface area contributed by atoms with Crippen molar-refractivity contribution < 1.29 is 27.5 Å². The Morgan fingerprint density at radius 1 is 1.12 bits per heavy atom. The number of sulfonamides is 1. The van der Waals surface area contributed by atoms with Gasteiger partial charge in [0.1, 0.15) is 23.2 Å². The molecule has 2 aromatic carbocycles. The molecule has 0 aromatic heterocycles. The van der Waals surface area contributed by atoms with E-state index in [2.05, 4.69) is 5.32 Å². The Bertz CT molecular complexity index is 1180. The third-order valence-corrected chi connectivity index (χ3v) is 7.40. The molecular weight excluding hydrogens is 458 g/mol. The Morgan fingerprint density at radius 2 is 1.85 bits per heavy atom. The molecule has 0 aliphatic carbocycles. The summed E-state index contributed by atoms with van der Waals surface area (Å²) in [5.41, 5.74) is 0.732. The molecule has 0 radical (unpaired) electrons. The van der Waals surface area contributed by atoms with Gasteiger partial charge in [0.2, 0.25) is 11.8 Å². The molecule has 182 valence electrons. The molecule has 1 N–H and O–H groups in total. The molecular formula is C24H29N3O6S.